The summed E-state index contributed by atoms with van der Waals surface area (Å²) in [5.74, 6) is 0.941. The largest absolute Gasteiger partial charge is 0.487 e. The van der Waals surface area contributed by atoms with Crippen LogP contribution in [0.15, 0.2) is 18.2 Å². The van der Waals surface area contributed by atoms with E-state index in [2.05, 4.69) is 5.32 Å². The first-order valence-electron chi connectivity index (χ1n) is 6.44. The number of rotatable bonds is 5. The Morgan fingerprint density at radius 1 is 1.42 bits per heavy atom. The molecule has 0 saturated carbocycles. The molecule has 6 heteroatoms. The van der Waals surface area contributed by atoms with Crippen LogP contribution in [0.4, 0.5) is 5.69 Å². The number of hydrogen-bond acceptors (Lipinski definition) is 4. The van der Waals surface area contributed by atoms with Crippen LogP contribution in [0, 0.1) is 16.0 Å². The molecule has 0 bridgehead atoms. The van der Waals surface area contributed by atoms with Gasteiger partial charge in [-0.05, 0) is 50.4 Å². The average molecular weight is 285 g/mol. The van der Waals surface area contributed by atoms with Crippen molar-refractivity contribution in [2.45, 2.75) is 19.3 Å². The summed E-state index contributed by atoms with van der Waals surface area (Å²) in [6.45, 7) is 2.60. The molecule has 19 heavy (non-hydrogen) atoms. The van der Waals surface area contributed by atoms with Gasteiger partial charge in [0, 0.05) is 11.1 Å². The molecule has 1 aliphatic heterocycles. The molecule has 1 aromatic rings. The minimum Gasteiger partial charge on any atom is -0.487 e. The van der Waals surface area contributed by atoms with E-state index >= 15 is 0 Å². The second-order valence-electron chi connectivity index (χ2n) is 4.70. The monoisotopic (exact) mass is 284 g/mol. The number of halogens is 1. The number of nitro benzene ring substituents is 1. The standard InChI is InChI=1S/C13H17ClN2O3/c14-11-1-2-13(12(9-11)16(17)18)19-8-5-10-3-6-15-7-4-10/h1-2,9-10,15H,3-8H2. The van der Waals surface area contributed by atoms with Crippen LogP contribution in [-0.2, 0) is 0 Å². The molecule has 1 heterocycles. The van der Waals surface area contributed by atoms with E-state index in [0.29, 0.717) is 23.3 Å². The number of benzene rings is 1. The first-order valence-corrected chi connectivity index (χ1v) is 6.82. The molecule has 1 aliphatic rings. The Morgan fingerprint density at radius 2 is 2.16 bits per heavy atom. The lowest BCUT2D eigenvalue weighted by Crippen LogP contribution is -2.28. The molecule has 2 rings (SSSR count). The van der Waals surface area contributed by atoms with Crippen LogP contribution < -0.4 is 10.1 Å². The zero-order chi connectivity index (χ0) is 13.7. The fourth-order valence-corrected chi connectivity index (χ4v) is 2.43. The van der Waals surface area contributed by atoms with Gasteiger partial charge in [-0.1, -0.05) is 11.6 Å². The summed E-state index contributed by atoms with van der Waals surface area (Å²) in [5, 5.41) is 14.6. The van der Waals surface area contributed by atoms with E-state index < -0.39 is 4.92 Å². The van der Waals surface area contributed by atoms with Gasteiger partial charge in [0.2, 0.25) is 0 Å². The lowest BCUT2D eigenvalue weighted by Gasteiger charge is -2.22. The summed E-state index contributed by atoms with van der Waals surface area (Å²) in [7, 11) is 0. The van der Waals surface area contributed by atoms with Crippen molar-refractivity contribution in [2.75, 3.05) is 19.7 Å². The number of piperidine rings is 1. The topological polar surface area (TPSA) is 64.4 Å². The zero-order valence-corrected chi connectivity index (χ0v) is 11.4. The molecule has 1 saturated heterocycles. The van der Waals surface area contributed by atoms with Crippen LogP contribution in [0.3, 0.4) is 0 Å². The maximum Gasteiger partial charge on any atom is 0.312 e. The molecule has 0 radical (unpaired) electrons. The quantitative estimate of drug-likeness (QED) is 0.667. The smallest absolute Gasteiger partial charge is 0.312 e. The molecule has 1 N–H and O–H groups in total. The third kappa shape index (κ3) is 4.08. The summed E-state index contributed by atoms with van der Waals surface area (Å²) in [5.41, 5.74) is -0.0715. The molecule has 1 fully saturated rings. The fourth-order valence-electron chi connectivity index (χ4n) is 2.26. The molecule has 0 amide bonds. The van der Waals surface area contributed by atoms with Crippen LogP contribution in [0.5, 0.6) is 5.75 Å². The summed E-state index contributed by atoms with van der Waals surface area (Å²) in [6, 6.07) is 4.48. The van der Waals surface area contributed by atoms with E-state index in [1.54, 1.807) is 12.1 Å². The average Bonchev–Trinajstić information content (AvgIpc) is 2.41. The van der Waals surface area contributed by atoms with Crippen LogP contribution in [0.1, 0.15) is 19.3 Å². The molecule has 0 aliphatic carbocycles. The van der Waals surface area contributed by atoms with Gasteiger partial charge in [-0.15, -0.1) is 0 Å². The van der Waals surface area contributed by atoms with Crippen molar-refractivity contribution < 1.29 is 9.66 Å². The normalized spacial score (nSPS) is 16.3. The Hall–Kier alpha value is -1.33. The maximum absolute atomic E-state index is 10.9. The van der Waals surface area contributed by atoms with Gasteiger partial charge < -0.3 is 10.1 Å². The summed E-state index contributed by atoms with van der Waals surface area (Å²) in [4.78, 5) is 10.4. The number of ether oxygens (including phenoxy) is 1. The first-order chi connectivity index (χ1) is 9.16. The van der Waals surface area contributed by atoms with Crippen molar-refractivity contribution >= 4 is 17.3 Å². The summed E-state index contributed by atoms with van der Waals surface area (Å²) >= 11 is 5.75. The highest BCUT2D eigenvalue weighted by Crippen LogP contribution is 2.30. The highest BCUT2D eigenvalue weighted by molar-refractivity contribution is 6.30. The number of hydrogen-bond donors (Lipinski definition) is 1. The van der Waals surface area contributed by atoms with Gasteiger partial charge in [0.05, 0.1) is 11.5 Å². The van der Waals surface area contributed by atoms with Gasteiger partial charge >= 0.3 is 5.69 Å². The van der Waals surface area contributed by atoms with Gasteiger partial charge in [-0.2, -0.15) is 0 Å². The van der Waals surface area contributed by atoms with E-state index in [-0.39, 0.29) is 5.69 Å². The molecular formula is C13H17ClN2O3. The van der Waals surface area contributed by atoms with Gasteiger partial charge in [-0.3, -0.25) is 10.1 Å². The molecule has 104 valence electrons. The maximum atomic E-state index is 10.9. The molecule has 0 spiro atoms. The fraction of sp³-hybridized carbons (Fsp3) is 0.538. The third-order valence-corrected chi connectivity index (χ3v) is 3.60. The molecule has 0 unspecified atom stereocenters. The van der Waals surface area contributed by atoms with Gasteiger partial charge in [0.25, 0.3) is 0 Å². The molecule has 1 aromatic carbocycles. The summed E-state index contributed by atoms with van der Waals surface area (Å²) in [6.07, 6.45) is 3.22. The zero-order valence-electron chi connectivity index (χ0n) is 10.6. The van der Waals surface area contributed by atoms with Gasteiger partial charge in [0.15, 0.2) is 5.75 Å². The van der Waals surface area contributed by atoms with E-state index in [1.165, 1.54) is 6.07 Å². The van der Waals surface area contributed by atoms with Crippen LogP contribution in [0.25, 0.3) is 0 Å². The van der Waals surface area contributed by atoms with E-state index in [9.17, 15) is 10.1 Å². The lowest BCUT2D eigenvalue weighted by atomic mass is 9.95. The number of nitrogens with one attached hydrogen (secondary N) is 1. The molecular weight excluding hydrogens is 268 g/mol. The Morgan fingerprint density at radius 3 is 2.84 bits per heavy atom. The second-order valence-corrected chi connectivity index (χ2v) is 5.14. The first kappa shape index (κ1) is 14.1. The van der Waals surface area contributed by atoms with Gasteiger partial charge in [-0.25, -0.2) is 0 Å². The Balaban J connectivity index is 1.89. The van der Waals surface area contributed by atoms with Crippen molar-refractivity contribution in [3.05, 3.63) is 33.3 Å². The Labute approximate surface area is 117 Å². The molecule has 0 aromatic heterocycles. The van der Waals surface area contributed by atoms with Gasteiger partial charge in [0.1, 0.15) is 0 Å². The minimum absolute atomic E-state index is 0.0715. The highest BCUT2D eigenvalue weighted by Gasteiger charge is 2.17. The third-order valence-electron chi connectivity index (χ3n) is 3.36. The predicted molar refractivity (Wildman–Crippen MR) is 73.8 cm³/mol. The molecule has 0 atom stereocenters. The minimum atomic E-state index is -0.467. The van der Waals surface area contributed by atoms with Crippen molar-refractivity contribution in [2.24, 2.45) is 5.92 Å². The van der Waals surface area contributed by atoms with Crippen LogP contribution in [0.2, 0.25) is 5.02 Å². The number of nitro groups is 1. The summed E-state index contributed by atoms with van der Waals surface area (Å²) < 4.78 is 5.54. The number of nitrogens with zero attached hydrogens (tertiary/aromatic N) is 1. The molecule has 5 nitrogen and oxygen atoms in total. The predicted octanol–water partition coefficient (Wildman–Crippen LogP) is 3.02. The van der Waals surface area contributed by atoms with Crippen LogP contribution in [-0.4, -0.2) is 24.6 Å². The van der Waals surface area contributed by atoms with E-state index in [0.717, 1.165) is 32.4 Å². The lowest BCUT2D eigenvalue weighted by molar-refractivity contribution is -0.385. The Kier molecular flexibility index (Phi) is 4.99. The van der Waals surface area contributed by atoms with E-state index in [1.807, 2.05) is 0 Å². The van der Waals surface area contributed by atoms with Crippen molar-refractivity contribution in [3.63, 3.8) is 0 Å². The SMILES string of the molecule is O=[N+]([O-])c1cc(Cl)ccc1OCCC1CCNCC1. The second kappa shape index (κ2) is 6.73. The van der Waals surface area contributed by atoms with Crippen LogP contribution >= 0.6 is 11.6 Å². The van der Waals surface area contributed by atoms with E-state index in [4.69, 9.17) is 16.3 Å². The van der Waals surface area contributed by atoms with Crippen molar-refractivity contribution in [1.29, 1.82) is 0 Å². The Bertz CT molecular complexity index is 448. The highest BCUT2D eigenvalue weighted by atomic mass is 35.5. The van der Waals surface area contributed by atoms with Crippen molar-refractivity contribution in [1.82, 2.24) is 5.32 Å². The van der Waals surface area contributed by atoms with Crippen molar-refractivity contribution in [3.8, 4) is 5.75 Å².